The summed E-state index contributed by atoms with van der Waals surface area (Å²) in [5.74, 6) is 0.955. The van der Waals surface area contributed by atoms with Crippen LogP contribution in [0.5, 0.6) is 0 Å². The molecule has 0 saturated carbocycles. The Hall–Kier alpha value is -1.55. The Bertz CT molecular complexity index is 984. The van der Waals surface area contributed by atoms with Gasteiger partial charge in [-0.3, -0.25) is 0 Å². The first-order valence-corrected chi connectivity index (χ1v) is 11.2. The summed E-state index contributed by atoms with van der Waals surface area (Å²) in [6.07, 6.45) is 5.04. The zero-order chi connectivity index (χ0) is 19.1. The monoisotopic (exact) mass is 463 g/mol. The zero-order valence-corrected chi connectivity index (χ0v) is 18.1. The second-order valence-corrected chi connectivity index (χ2v) is 8.90. The fourth-order valence-corrected chi connectivity index (χ4v) is 5.25. The molecule has 2 saturated heterocycles. The van der Waals surface area contributed by atoms with Crippen LogP contribution in [0.3, 0.4) is 0 Å². The number of halogens is 1. The van der Waals surface area contributed by atoms with E-state index in [4.69, 9.17) is 18.8 Å². The Morgan fingerprint density at radius 3 is 3.04 bits per heavy atom. The van der Waals surface area contributed by atoms with E-state index in [0.29, 0.717) is 6.04 Å². The Labute approximate surface area is 175 Å². The third kappa shape index (κ3) is 3.24. The number of rotatable bonds is 3. The molecule has 3 aromatic heterocycles. The van der Waals surface area contributed by atoms with Gasteiger partial charge in [0.15, 0.2) is 6.23 Å². The number of ether oxygens (including phenoxy) is 2. The van der Waals surface area contributed by atoms with Crippen LogP contribution in [0.2, 0.25) is 0 Å². The molecule has 0 radical (unpaired) electrons. The fourth-order valence-electron chi connectivity index (χ4n) is 3.90. The first kappa shape index (κ1) is 18.5. The quantitative estimate of drug-likeness (QED) is 0.578. The molecule has 0 N–H and O–H groups in total. The molecule has 0 aliphatic carbocycles. The summed E-state index contributed by atoms with van der Waals surface area (Å²) in [4.78, 5) is 7.32. The number of nitrogens with zero attached hydrogens (tertiary/aromatic N) is 5. The second-order valence-electron chi connectivity index (χ2n) is 7.27. The van der Waals surface area contributed by atoms with Crippen molar-refractivity contribution in [3.05, 3.63) is 22.8 Å². The largest absolute Gasteiger partial charge is 0.377 e. The number of hydrogen-bond acceptors (Lipinski definition) is 7. The first-order valence-electron chi connectivity index (χ1n) is 9.68. The van der Waals surface area contributed by atoms with Crippen LogP contribution in [0.4, 0.5) is 5.82 Å². The molecule has 2 aliphatic rings. The molecule has 0 bridgehead atoms. The van der Waals surface area contributed by atoms with Crippen molar-refractivity contribution in [2.24, 2.45) is 0 Å². The standard InChI is InChI=1S/C19H22BrN5O2S/c1-12-11-26-9-7-24(12)15-10-13(20)19-18(22-15)17(23-28-19)14-5-6-21-25(14)16-4-2-3-8-27-16/h5-6,10,12,16H,2-4,7-9,11H2,1H3/t12-,16?/m1/s1. The summed E-state index contributed by atoms with van der Waals surface area (Å²) < 4.78 is 20.3. The van der Waals surface area contributed by atoms with Crippen LogP contribution in [0.15, 0.2) is 22.8 Å². The molecule has 5 rings (SSSR count). The van der Waals surface area contributed by atoms with Gasteiger partial charge in [-0.1, -0.05) is 0 Å². The predicted octanol–water partition coefficient (Wildman–Crippen LogP) is 4.24. The highest BCUT2D eigenvalue weighted by Crippen LogP contribution is 2.38. The van der Waals surface area contributed by atoms with Gasteiger partial charge in [-0.2, -0.15) is 9.47 Å². The minimum atomic E-state index is -0.0265. The molecular weight excluding hydrogens is 442 g/mol. The van der Waals surface area contributed by atoms with Crippen LogP contribution < -0.4 is 4.90 Å². The van der Waals surface area contributed by atoms with Crippen molar-refractivity contribution in [1.82, 2.24) is 19.1 Å². The summed E-state index contributed by atoms with van der Waals surface area (Å²) in [5, 5.41) is 4.54. The maximum absolute atomic E-state index is 5.95. The van der Waals surface area contributed by atoms with Gasteiger partial charge < -0.3 is 14.4 Å². The Morgan fingerprint density at radius 2 is 2.21 bits per heavy atom. The minimum Gasteiger partial charge on any atom is -0.377 e. The van der Waals surface area contributed by atoms with Crippen molar-refractivity contribution in [3.63, 3.8) is 0 Å². The van der Waals surface area contributed by atoms with Crippen molar-refractivity contribution in [2.45, 2.75) is 38.5 Å². The number of pyridine rings is 1. The van der Waals surface area contributed by atoms with E-state index in [1.54, 1.807) is 0 Å². The topological polar surface area (TPSA) is 65.3 Å². The average molecular weight is 464 g/mol. The molecule has 3 aromatic rings. The molecular formula is C19H22BrN5O2S. The summed E-state index contributed by atoms with van der Waals surface area (Å²) in [7, 11) is 0. The minimum absolute atomic E-state index is 0.0265. The number of fused-ring (bicyclic) bond motifs is 1. The van der Waals surface area contributed by atoms with Gasteiger partial charge in [-0.25, -0.2) is 9.67 Å². The normalized spacial score (nSPS) is 23.4. The molecule has 2 fully saturated rings. The van der Waals surface area contributed by atoms with Gasteiger partial charge in [0.05, 0.1) is 29.6 Å². The van der Waals surface area contributed by atoms with Crippen LogP contribution in [0.1, 0.15) is 32.4 Å². The molecule has 2 aliphatic heterocycles. The Morgan fingerprint density at radius 1 is 1.29 bits per heavy atom. The molecule has 7 nitrogen and oxygen atoms in total. The average Bonchev–Trinajstić information content (AvgIpc) is 3.36. The highest BCUT2D eigenvalue weighted by atomic mass is 79.9. The number of hydrogen-bond donors (Lipinski definition) is 0. The van der Waals surface area contributed by atoms with E-state index in [0.717, 1.165) is 77.5 Å². The molecule has 2 atom stereocenters. The molecule has 5 heterocycles. The maximum Gasteiger partial charge on any atom is 0.150 e. The van der Waals surface area contributed by atoms with E-state index >= 15 is 0 Å². The van der Waals surface area contributed by atoms with Gasteiger partial charge in [0, 0.05) is 23.8 Å². The smallest absolute Gasteiger partial charge is 0.150 e. The van der Waals surface area contributed by atoms with Gasteiger partial charge in [-0.15, -0.1) is 0 Å². The third-order valence-electron chi connectivity index (χ3n) is 5.37. The van der Waals surface area contributed by atoms with E-state index in [-0.39, 0.29) is 6.23 Å². The first-order chi connectivity index (χ1) is 13.7. The van der Waals surface area contributed by atoms with Gasteiger partial charge in [0.25, 0.3) is 0 Å². The van der Waals surface area contributed by atoms with Crippen molar-refractivity contribution >= 4 is 43.5 Å². The van der Waals surface area contributed by atoms with Gasteiger partial charge >= 0.3 is 0 Å². The van der Waals surface area contributed by atoms with E-state index in [1.165, 1.54) is 11.5 Å². The summed E-state index contributed by atoms with van der Waals surface area (Å²) >= 11 is 5.20. The lowest BCUT2D eigenvalue weighted by atomic mass is 10.2. The lowest BCUT2D eigenvalue weighted by molar-refractivity contribution is -0.0383. The fraction of sp³-hybridized carbons (Fsp3) is 0.526. The number of morpholine rings is 1. The molecule has 0 spiro atoms. The number of aromatic nitrogens is 4. The maximum atomic E-state index is 5.95. The van der Waals surface area contributed by atoms with Crippen LogP contribution >= 0.6 is 27.5 Å². The van der Waals surface area contributed by atoms with Gasteiger partial charge in [0.1, 0.15) is 17.0 Å². The number of anilines is 1. The van der Waals surface area contributed by atoms with Crippen LogP contribution in [0, 0.1) is 0 Å². The van der Waals surface area contributed by atoms with Crippen molar-refractivity contribution < 1.29 is 9.47 Å². The van der Waals surface area contributed by atoms with Crippen molar-refractivity contribution in [3.8, 4) is 11.4 Å². The van der Waals surface area contributed by atoms with Crippen LogP contribution in [-0.4, -0.2) is 51.5 Å². The lowest BCUT2D eigenvalue weighted by Gasteiger charge is -2.34. The van der Waals surface area contributed by atoms with E-state index < -0.39 is 0 Å². The highest BCUT2D eigenvalue weighted by molar-refractivity contribution is 9.10. The molecule has 0 amide bonds. The van der Waals surface area contributed by atoms with E-state index in [2.05, 4.69) is 38.9 Å². The Balaban J connectivity index is 1.59. The summed E-state index contributed by atoms with van der Waals surface area (Å²) in [5.41, 5.74) is 2.74. The van der Waals surface area contributed by atoms with Gasteiger partial charge in [0.2, 0.25) is 0 Å². The van der Waals surface area contributed by atoms with Crippen LogP contribution in [-0.2, 0) is 9.47 Å². The molecule has 1 unspecified atom stereocenters. The van der Waals surface area contributed by atoms with Crippen molar-refractivity contribution in [2.75, 3.05) is 31.3 Å². The molecule has 148 valence electrons. The SMILES string of the molecule is C[C@@H]1COCCN1c1cc(Br)c2snc(-c3ccnn3C3CCCCO3)c2n1. The van der Waals surface area contributed by atoms with Crippen molar-refractivity contribution in [1.29, 1.82) is 0 Å². The second kappa shape index (κ2) is 7.70. The molecule has 9 heteroatoms. The van der Waals surface area contributed by atoms with E-state index in [1.807, 2.05) is 16.9 Å². The Kier molecular flexibility index (Phi) is 5.08. The highest BCUT2D eigenvalue weighted by Gasteiger charge is 2.25. The van der Waals surface area contributed by atoms with Gasteiger partial charge in [-0.05, 0) is 65.8 Å². The zero-order valence-electron chi connectivity index (χ0n) is 15.7. The van der Waals surface area contributed by atoms with Crippen LogP contribution in [0.25, 0.3) is 21.6 Å². The predicted molar refractivity (Wildman–Crippen MR) is 113 cm³/mol. The molecule has 0 aromatic carbocycles. The summed E-state index contributed by atoms with van der Waals surface area (Å²) in [6.45, 7) is 5.23. The van der Waals surface area contributed by atoms with E-state index in [9.17, 15) is 0 Å². The molecule has 28 heavy (non-hydrogen) atoms. The third-order valence-corrected chi connectivity index (χ3v) is 7.13. The lowest BCUT2D eigenvalue weighted by Crippen LogP contribution is -2.44. The summed E-state index contributed by atoms with van der Waals surface area (Å²) in [6, 6.07) is 4.39.